The Bertz CT molecular complexity index is 268. The van der Waals surface area contributed by atoms with Crippen LogP contribution in [-0.4, -0.2) is 62.4 Å². The van der Waals surface area contributed by atoms with Crippen molar-refractivity contribution in [1.29, 1.82) is 0 Å². The maximum atomic E-state index is 12.0. The number of likely N-dealkylation sites (N-methyl/N-ethyl adjacent to an activating group) is 2. The van der Waals surface area contributed by atoms with Crippen LogP contribution in [0, 0.1) is 5.92 Å². The predicted molar refractivity (Wildman–Crippen MR) is 61.9 cm³/mol. The van der Waals surface area contributed by atoms with Crippen LogP contribution in [0.15, 0.2) is 0 Å². The summed E-state index contributed by atoms with van der Waals surface area (Å²) in [6, 6.07) is 0. The minimum Gasteiger partial charge on any atom is -0.346 e. The first-order valence-corrected chi connectivity index (χ1v) is 5.69. The number of nitrogens with one attached hydrogen (secondary N) is 1. The molecular formula is C11H21N3O2. The minimum absolute atomic E-state index is 0.0756. The molecule has 1 heterocycles. The Morgan fingerprint density at radius 2 is 2.31 bits per heavy atom. The number of hydrogen-bond acceptors (Lipinski definition) is 3. The summed E-state index contributed by atoms with van der Waals surface area (Å²) < 4.78 is 0. The molecule has 1 unspecified atom stereocenters. The summed E-state index contributed by atoms with van der Waals surface area (Å²) in [6.45, 7) is 2.16. The standard InChI is InChI=1S/C11H21N3O2/c1-12-5-7-14(3)11(16)9-4-6-13(2)10(15)8-9/h9,12H,4-8H2,1-3H3. The molecule has 1 aliphatic rings. The van der Waals surface area contributed by atoms with Gasteiger partial charge in [-0.25, -0.2) is 0 Å². The van der Waals surface area contributed by atoms with Crippen LogP contribution in [0.25, 0.3) is 0 Å². The summed E-state index contributed by atoms with van der Waals surface area (Å²) in [5.41, 5.74) is 0. The first-order chi connectivity index (χ1) is 7.56. The Balaban J connectivity index is 2.45. The van der Waals surface area contributed by atoms with Gasteiger partial charge in [0.1, 0.15) is 0 Å². The van der Waals surface area contributed by atoms with Crippen LogP contribution in [0.3, 0.4) is 0 Å². The molecule has 0 saturated carbocycles. The largest absolute Gasteiger partial charge is 0.346 e. The Morgan fingerprint density at radius 1 is 1.62 bits per heavy atom. The van der Waals surface area contributed by atoms with Gasteiger partial charge in [-0.05, 0) is 13.5 Å². The van der Waals surface area contributed by atoms with E-state index < -0.39 is 0 Å². The van der Waals surface area contributed by atoms with Crippen LogP contribution < -0.4 is 5.32 Å². The third-order valence-corrected chi connectivity index (χ3v) is 3.08. The zero-order valence-electron chi connectivity index (χ0n) is 10.3. The molecule has 0 radical (unpaired) electrons. The van der Waals surface area contributed by atoms with E-state index >= 15 is 0 Å². The number of carbonyl (C=O) groups excluding carboxylic acids is 2. The molecule has 0 aromatic heterocycles. The third kappa shape index (κ3) is 3.20. The Morgan fingerprint density at radius 3 is 2.88 bits per heavy atom. The first kappa shape index (κ1) is 13.0. The van der Waals surface area contributed by atoms with Gasteiger partial charge < -0.3 is 15.1 Å². The molecule has 1 aliphatic heterocycles. The number of amides is 2. The molecule has 0 spiro atoms. The van der Waals surface area contributed by atoms with E-state index in [1.165, 1.54) is 0 Å². The molecule has 92 valence electrons. The third-order valence-electron chi connectivity index (χ3n) is 3.08. The van der Waals surface area contributed by atoms with Crippen molar-refractivity contribution < 1.29 is 9.59 Å². The van der Waals surface area contributed by atoms with Gasteiger partial charge in [0.2, 0.25) is 11.8 Å². The van der Waals surface area contributed by atoms with E-state index in [1.807, 2.05) is 7.05 Å². The molecule has 1 fully saturated rings. The summed E-state index contributed by atoms with van der Waals surface area (Å²) >= 11 is 0. The van der Waals surface area contributed by atoms with Crippen molar-refractivity contribution in [1.82, 2.24) is 15.1 Å². The Hall–Kier alpha value is -1.10. The molecule has 5 heteroatoms. The second-order valence-electron chi connectivity index (χ2n) is 4.37. The number of rotatable bonds is 4. The highest BCUT2D eigenvalue weighted by Crippen LogP contribution is 2.18. The monoisotopic (exact) mass is 227 g/mol. The summed E-state index contributed by atoms with van der Waals surface area (Å²) in [5, 5.41) is 3.00. The van der Waals surface area contributed by atoms with Crippen LogP contribution >= 0.6 is 0 Å². The summed E-state index contributed by atoms with van der Waals surface area (Å²) in [7, 11) is 5.44. The van der Waals surface area contributed by atoms with E-state index in [0.717, 1.165) is 13.0 Å². The van der Waals surface area contributed by atoms with Crippen molar-refractivity contribution in [2.75, 3.05) is 40.8 Å². The van der Waals surface area contributed by atoms with Crippen molar-refractivity contribution in [3.63, 3.8) is 0 Å². The molecule has 0 aromatic rings. The summed E-state index contributed by atoms with van der Waals surface area (Å²) in [6.07, 6.45) is 1.14. The molecule has 1 N–H and O–H groups in total. The fourth-order valence-electron chi connectivity index (χ4n) is 1.86. The van der Waals surface area contributed by atoms with Crippen LogP contribution in [0.4, 0.5) is 0 Å². The van der Waals surface area contributed by atoms with E-state index in [2.05, 4.69) is 5.32 Å². The molecule has 0 aromatic carbocycles. The normalized spacial score (nSPS) is 21.1. The van der Waals surface area contributed by atoms with E-state index in [9.17, 15) is 9.59 Å². The minimum atomic E-state index is -0.120. The lowest BCUT2D eigenvalue weighted by atomic mass is 9.95. The molecule has 0 bridgehead atoms. The first-order valence-electron chi connectivity index (χ1n) is 5.69. The van der Waals surface area contributed by atoms with Gasteiger partial charge in [0.15, 0.2) is 0 Å². The topological polar surface area (TPSA) is 52.7 Å². The maximum Gasteiger partial charge on any atom is 0.226 e. The van der Waals surface area contributed by atoms with E-state index in [4.69, 9.17) is 0 Å². The maximum absolute atomic E-state index is 12.0. The van der Waals surface area contributed by atoms with Crippen molar-refractivity contribution in [3.05, 3.63) is 0 Å². The highest BCUT2D eigenvalue weighted by atomic mass is 16.2. The lowest BCUT2D eigenvalue weighted by Gasteiger charge is -2.30. The van der Waals surface area contributed by atoms with Gasteiger partial charge in [-0.2, -0.15) is 0 Å². The number of hydrogen-bond donors (Lipinski definition) is 1. The zero-order chi connectivity index (χ0) is 12.1. The molecule has 16 heavy (non-hydrogen) atoms. The Labute approximate surface area is 96.8 Å². The molecular weight excluding hydrogens is 206 g/mol. The second-order valence-corrected chi connectivity index (χ2v) is 4.37. The Kier molecular flexibility index (Phi) is 4.73. The highest BCUT2D eigenvalue weighted by molar-refractivity contribution is 5.86. The van der Waals surface area contributed by atoms with Gasteiger partial charge in [-0.3, -0.25) is 9.59 Å². The molecule has 5 nitrogen and oxygen atoms in total. The molecule has 2 amide bonds. The zero-order valence-corrected chi connectivity index (χ0v) is 10.3. The number of piperidine rings is 1. The smallest absolute Gasteiger partial charge is 0.226 e. The summed E-state index contributed by atoms with van der Waals surface area (Å²) in [4.78, 5) is 26.9. The van der Waals surface area contributed by atoms with Crippen LogP contribution in [-0.2, 0) is 9.59 Å². The molecule has 0 aliphatic carbocycles. The predicted octanol–water partition coefficient (Wildman–Crippen LogP) is -0.467. The quantitative estimate of drug-likeness (QED) is 0.706. The van der Waals surface area contributed by atoms with Crippen molar-refractivity contribution in [2.45, 2.75) is 12.8 Å². The highest BCUT2D eigenvalue weighted by Gasteiger charge is 2.30. The van der Waals surface area contributed by atoms with Crippen molar-refractivity contribution in [2.24, 2.45) is 5.92 Å². The number of nitrogens with zero attached hydrogens (tertiary/aromatic N) is 2. The average molecular weight is 227 g/mol. The fraction of sp³-hybridized carbons (Fsp3) is 0.818. The lowest BCUT2D eigenvalue weighted by Crippen LogP contribution is -2.43. The van der Waals surface area contributed by atoms with Crippen LogP contribution in [0.2, 0.25) is 0 Å². The number of likely N-dealkylation sites (tertiary alicyclic amines) is 1. The van der Waals surface area contributed by atoms with Gasteiger partial charge in [0, 0.05) is 46.1 Å². The van der Waals surface area contributed by atoms with E-state index in [0.29, 0.717) is 19.5 Å². The van der Waals surface area contributed by atoms with Crippen molar-refractivity contribution in [3.8, 4) is 0 Å². The van der Waals surface area contributed by atoms with Gasteiger partial charge in [0.25, 0.3) is 0 Å². The van der Waals surface area contributed by atoms with Gasteiger partial charge >= 0.3 is 0 Å². The molecule has 1 atom stereocenters. The fourth-order valence-corrected chi connectivity index (χ4v) is 1.86. The van der Waals surface area contributed by atoms with E-state index in [-0.39, 0.29) is 17.7 Å². The van der Waals surface area contributed by atoms with Crippen molar-refractivity contribution >= 4 is 11.8 Å². The molecule has 1 rings (SSSR count). The summed E-state index contributed by atoms with van der Waals surface area (Å²) in [5.74, 6) is 0.0499. The molecule has 1 saturated heterocycles. The van der Waals surface area contributed by atoms with E-state index in [1.54, 1.807) is 23.9 Å². The number of carbonyl (C=O) groups is 2. The van der Waals surface area contributed by atoms with Gasteiger partial charge in [-0.15, -0.1) is 0 Å². The van der Waals surface area contributed by atoms with Gasteiger partial charge in [-0.1, -0.05) is 0 Å². The second kappa shape index (κ2) is 5.84. The average Bonchev–Trinajstić information content (AvgIpc) is 2.28. The lowest BCUT2D eigenvalue weighted by molar-refractivity contribution is -0.143. The van der Waals surface area contributed by atoms with Crippen LogP contribution in [0.1, 0.15) is 12.8 Å². The van der Waals surface area contributed by atoms with Crippen LogP contribution in [0.5, 0.6) is 0 Å². The van der Waals surface area contributed by atoms with Gasteiger partial charge in [0.05, 0.1) is 0 Å². The SMILES string of the molecule is CNCCN(C)C(=O)C1CCN(C)C(=O)C1.